The number of aliphatic carboxylic acids is 1. The van der Waals surface area contributed by atoms with Gasteiger partial charge in [0.25, 0.3) is 5.69 Å². The van der Waals surface area contributed by atoms with Gasteiger partial charge >= 0.3 is 5.97 Å². The van der Waals surface area contributed by atoms with E-state index in [0.717, 1.165) is 0 Å². The molecule has 3 N–H and O–H groups in total. The van der Waals surface area contributed by atoms with Gasteiger partial charge in [0.15, 0.2) is 0 Å². The zero-order valence-electron chi connectivity index (χ0n) is 9.25. The number of carboxylic acid groups (broad SMARTS) is 1. The molecule has 8 nitrogen and oxygen atoms in total. The number of anilines is 1. The first kappa shape index (κ1) is 13.4. The van der Waals surface area contributed by atoms with Gasteiger partial charge in [-0.15, -0.1) is 0 Å². The van der Waals surface area contributed by atoms with Crippen molar-refractivity contribution in [1.82, 2.24) is 5.32 Å². The van der Waals surface area contributed by atoms with Crippen LogP contribution in [0.3, 0.4) is 0 Å². The van der Waals surface area contributed by atoms with Gasteiger partial charge in [0.2, 0.25) is 5.91 Å². The summed E-state index contributed by atoms with van der Waals surface area (Å²) in [5.74, 6) is -1.65. The number of nitro groups is 1. The maximum Gasteiger partial charge on any atom is 0.322 e. The topological polar surface area (TPSA) is 122 Å². The number of nitrogens with zero attached hydrogens (tertiary/aromatic N) is 1. The Morgan fingerprint density at radius 1 is 1.33 bits per heavy atom. The number of non-ortho nitro benzene ring substituents is 1. The molecule has 0 unspecified atom stereocenters. The van der Waals surface area contributed by atoms with Gasteiger partial charge in [-0.25, -0.2) is 0 Å². The summed E-state index contributed by atoms with van der Waals surface area (Å²) in [6, 6.07) is 5.66. The molecule has 0 radical (unpaired) electrons. The highest BCUT2D eigenvalue weighted by Gasteiger charge is 2.07. The van der Waals surface area contributed by atoms with E-state index in [1.807, 2.05) is 0 Å². The lowest BCUT2D eigenvalue weighted by molar-refractivity contribution is -0.384. The highest BCUT2D eigenvalue weighted by atomic mass is 16.6. The zero-order valence-corrected chi connectivity index (χ0v) is 9.25. The summed E-state index contributed by atoms with van der Waals surface area (Å²) >= 11 is 0. The summed E-state index contributed by atoms with van der Waals surface area (Å²) < 4.78 is 0. The average molecular weight is 253 g/mol. The Labute approximate surface area is 102 Å². The second-order valence-corrected chi connectivity index (χ2v) is 3.33. The molecular formula is C10H11N3O5. The number of carboxylic acids is 1. The van der Waals surface area contributed by atoms with Crippen molar-refractivity contribution in [3.8, 4) is 0 Å². The van der Waals surface area contributed by atoms with Crippen LogP contribution in [0.15, 0.2) is 24.3 Å². The Kier molecular flexibility index (Phi) is 4.61. The van der Waals surface area contributed by atoms with Crippen molar-refractivity contribution in [2.24, 2.45) is 0 Å². The minimum atomic E-state index is -1.14. The average Bonchev–Trinajstić information content (AvgIpc) is 2.34. The Balaban J connectivity index is 2.48. The second kappa shape index (κ2) is 6.18. The Bertz CT molecular complexity index is 474. The predicted octanol–water partition coefficient (Wildman–Crippen LogP) is 0.207. The van der Waals surface area contributed by atoms with Gasteiger partial charge in [-0.1, -0.05) is 6.07 Å². The summed E-state index contributed by atoms with van der Waals surface area (Å²) in [5, 5.41) is 23.6. The van der Waals surface area contributed by atoms with E-state index in [1.165, 1.54) is 18.2 Å². The molecule has 0 saturated carbocycles. The maximum atomic E-state index is 11.2. The third-order valence-electron chi connectivity index (χ3n) is 1.95. The van der Waals surface area contributed by atoms with Crippen molar-refractivity contribution in [3.05, 3.63) is 34.4 Å². The lowest BCUT2D eigenvalue weighted by Gasteiger charge is -2.06. The zero-order chi connectivity index (χ0) is 13.5. The van der Waals surface area contributed by atoms with E-state index in [4.69, 9.17) is 5.11 Å². The molecule has 0 saturated heterocycles. The molecular weight excluding hydrogens is 242 g/mol. The van der Waals surface area contributed by atoms with Gasteiger partial charge < -0.3 is 15.7 Å². The van der Waals surface area contributed by atoms with E-state index < -0.39 is 23.3 Å². The Morgan fingerprint density at radius 2 is 2.06 bits per heavy atom. The fraction of sp³-hybridized carbons (Fsp3) is 0.200. The summed E-state index contributed by atoms with van der Waals surface area (Å²) in [7, 11) is 0. The quantitative estimate of drug-likeness (QED) is 0.492. The Hall–Kier alpha value is -2.64. The van der Waals surface area contributed by atoms with Crippen molar-refractivity contribution >= 4 is 23.3 Å². The first-order valence-electron chi connectivity index (χ1n) is 4.96. The summed E-state index contributed by atoms with van der Waals surface area (Å²) in [6.07, 6.45) is 0. The van der Waals surface area contributed by atoms with Crippen LogP contribution in [0.2, 0.25) is 0 Å². The number of benzene rings is 1. The number of nitrogens with one attached hydrogen (secondary N) is 2. The van der Waals surface area contributed by atoms with Gasteiger partial charge in [0.05, 0.1) is 11.5 Å². The minimum absolute atomic E-state index is 0.0917. The molecule has 0 aliphatic carbocycles. The fourth-order valence-electron chi connectivity index (χ4n) is 1.15. The number of hydrogen-bond donors (Lipinski definition) is 3. The molecule has 0 atom stereocenters. The van der Waals surface area contributed by atoms with Gasteiger partial charge in [0, 0.05) is 17.8 Å². The van der Waals surface area contributed by atoms with E-state index in [1.54, 1.807) is 6.07 Å². The molecule has 0 bridgehead atoms. The van der Waals surface area contributed by atoms with Crippen molar-refractivity contribution in [3.63, 3.8) is 0 Å². The van der Waals surface area contributed by atoms with Crippen molar-refractivity contribution in [2.45, 2.75) is 0 Å². The number of rotatable bonds is 6. The summed E-state index contributed by atoms with van der Waals surface area (Å²) in [5.41, 5.74) is 0.320. The van der Waals surface area contributed by atoms with Crippen LogP contribution in [0.4, 0.5) is 11.4 Å². The third kappa shape index (κ3) is 4.47. The molecule has 0 spiro atoms. The van der Waals surface area contributed by atoms with Crippen LogP contribution in [0.5, 0.6) is 0 Å². The van der Waals surface area contributed by atoms with Crippen LogP contribution in [0, 0.1) is 10.1 Å². The smallest absolute Gasteiger partial charge is 0.322 e. The van der Waals surface area contributed by atoms with E-state index >= 15 is 0 Å². The normalized spacial score (nSPS) is 9.56. The lowest BCUT2D eigenvalue weighted by Crippen LogP contribution is -2.33. The van der Waals surface area contributed by atoms with E-state index in [9.17, 15) is 19.7 Å². The van der Waals surface area contributed by atoms with Crippen LogP contribution in [0.1, 0.15) is 0 Å². The maximum absolute atomic E-state index is 11.2. The second-order valence-electron chi connectivity index (χ2n) is 3.33. The van der Waals surface area contributed by atoms with Gasteiger partial charge in [-0.2, -0.15) is 0 Å². The Morgan fingerprint density at radius 3 is 2.67 bits per heavy atom. The largest absolute Gasteiger partial charge is 0.480 e. The van der Waals surface area contributed by atoms with Gasteiger partial charge in [-0.3, -0.25) is 19.7 Å². The molecule has 0 aliphatic heterocycles. The number of nitro benzene ring substituents is 1. The molecule has 18 heavy (non-hydrogen) atoms. The highest BCUT2D eigenvalue weighted by Crippen LogP contribution is 2.16. The number of hydrogen-bond acceptors (Lipinski definition) is 5. The summed E-state index contributed by atoms with van der Waals surface area (Å²) in [4.78, 5) is 31.3. The van der Waals surface area contributed by atoms with Crippen LogP contribution < -0.4 is 10.6 Å². The third-order valence-corrected chi connectivity index (χ3v) is 1.95. The molecule has 1 aromatic rings. The van der Waals surface area contributed by atoms with Crippen molar-refractivity contribution < 1.29 is 19.6 Å². The molecule has 1 aromatic carbocycles. The van der Waals surface area contributed by atoms with E-state index in [2.05, 4.69) is 10.6 Å². The van der Waals surface area contributed by atoms with E-state index in [0.29, 0.717) is 5.69 Å². The minimum Gasteiger partial charge on any atom is -0.480 e. The SMILES string of the molecule is O=C(O)CNC(=O)CNc1cccc([N+](=O)[O-])c1. The first-order valence-corrected chi connectivity index (χ1v) is 4.96. The fourth-order valence-corrected chi connectivity index (χ4v) is 1.15. The monoisotopic (exact) mass is 253 g/mol. The lowest BCUT2D eigenvalue weighted by atomic mass is 10.3. The first-order chi connectivity index (χ1) is 8.49. The van der Waals surface area contributed by atoms with E-state index in [-0.39, 0.29) is 12.2 Å². The van der Waals surface area contributed by atoms with Crippen molar-refractivity contribution in [1.29, 1.82) is 0 Å². The number of carbonyl (C=O) groups is 2. The van der Waals surface area contributed by atoms with Crippen LogP contribution >= 0.6 is 0 Å². The predicted molar refractivity (Wildman–Crippen MR) is 62.2 cm³/mol. The van der Waals surface area contributed by atoms with Gasteiger partial charge in [0.1, 0.15) is 6.54 Å². The highest BCUT2D eigenvalue weighted by molar-refractivity contribution is 5.84. The molecule has 8 heteroatoms. The number of carbonyl (C=O) groups excluding carboxylic acids is 1. The molecule has 0 heterocycles. The molecule has 1 rings (SSSR count). The van der Waals surface area contributed by atoms with Crippen LogP contribution in [-0.4, -0.2) is 35.0 Å². The standard InChI is InChI=1S/C10H11N3O5/c14-9(12-6-10(15)16)5-11-7-2-1-3-8(4-7)13(17)18/h1-4,11H,5-6H2,(H,12,14)(H,15,16). The van der Waals surface area contributed by atoms with Gasteiger partial charge in [-0.05, 0) is 6.07 Å². The summed E-state index contributed by atoms with van der Waals surface area (Å²) in [6.45, 7) is -0.621. The van der Waals surface area contributed by atoms with Crippen molar-refractivity contribution in [2.75, 3.05) is 18.4 Å². The molecule has 0 aromatic heterocycles. The molecule has 1 amide bonds. The van der Waals surface area contributed by atoms with Crippen LogP contribution in [0.25, 0.3) is 0 Å². The number of amides is 1. The molecule has 0 fully saturated rings. The molecule has 0 aliphatic rings. The molecule has 96 valence electrons. The van der Waals surface area contributed by atoms with Crippen LogP contribution in [-0.2, 0) is 9.59 Å².